The third-order valence-electron chi connectivity index (χ3n) is 3.24. The molecule has 1 atom stereocenters. The van der Waals surface area contributed by atoms with Gasteiger partial charge >= 0.3 is 5.97 Å². The Morgan fingerprint density at radius 3 is 3.06 bits per heavy atom. The van der Waals surface area contributed by atoms with Crippen LogP contribution in [-0.4, -0.2) is 25.7 Å². The van der Waals surface area contributed by atoms with Crippen LogP contribution in [0.5, 0.6) is 0 Å². The van der Waals surface area contributed by atoms with Crippen molar-refractivity contribution in [1.29, 1.82) is 0 Å². The van der Waals surface area contributed by atoms with Gasteiger partial charge in [-0.25, -0.2) is 4.39 Å². The Kier molecular flexibility index (Phi) is 4.22. The summed E-state index contributed by atoms with van der Waals surface area (Å²) in [7, 11) is 1.40. The number of hydrogen-bond acceptors (Lipinski definition) is 3. The third kappa shape index (κ3) is 2.83. The van der Waals surface area contributed by atoms with E-state index in [0.29, 0.717) is 10.9 Å². The predicted molar refractivity (Wildman–Crippen MR) is 71.1 cm³/mol. The smallest absolute Gasteiger partial charge is 0.307 e. The van der Waals surface area contributed by atoms with Crippen molar-refractivity contribution in [3.63, 3.8) is 0 Å². The number of halogens is 2. The largest absolute Gasteiger partial charge is 0.469 e. The zero-order valence-electron chi connectivity index (χ0n) is 10.2. The van der Waals surface area contributed by atoms with E-state index in [9.17, 15) is 9.18 Å². The van der Waals surface area contributed by atoms with Gasteiger partial charge in [0, 0.05) is 18.3 Å². The second-order valence-corrected chi connectivity index (χ2v) is 5.22. The van der Waals surface area contributed by atoms with Crippen LogP contribution >= 0.6 is 15.9 Å². The molecule has 0 bridgehead atoms. The van der Waals surface area contributed by atoms with Crippen LogP contribution in [0.3, 0.4) is 0 Å². The summed E-state index contributed by atoms with van der Waals surface area (Å²) >= 11 is 3.18. The van der Waals surface area contributed by atoms with E-state index >= 15 is 0 Å². The van der Waals surface area contributed by atoms with Crippen molar-refractivity contribution in [2.75, 3.05) is 18.6 Å². The molecule has 1 aliphatic rings. The van der Waals surface area contributed by atoms with Gasteiger partial charge in [-0.15, -0.1) is 0 Å². The van der Waals surface area contributed by atoms with Gasteiger partial charge in [0.05, 0.1) is 18.0 Å². The maximum absolute atomic E-state index is 13.2. The number of hydrogen-bond donors (Lipinski definition) is 0. The minimum absolute atomic E-state index is 0.148. The van der Waals surface area contributed by atoms with Gasteiger partial charge in [0.25, 0.3) is 0 Å². The number of carbonyl (C=O) groups excluding carboxylic acids is 1. The molecule has 1 aliphatic heterocycles. The van der Waals surface area contributed by atoms with E-state index in [2.05, 4.69) is 20.8 Å². The van der Waals surface area contributed by atoms with Crippen LogP contribution in [0.4, 0.5) is 10.1 Å². The number of benzene rings is 1. The molecule has 0 unspecified atom stereocenters. The molecule has 3 nitrogen and oxygen atoms in total. The fourth-order valence-electron chi connectivity index (χ4n) is 2.33. The average Bonchev–Trinajstić information content (AvgIpc) is 2.80. The topological polar surface area (TPSA) is 29.5 Å². The van der Waals surface area contributed by atoms with E-state index < -0.39 is 0 Å². The molecule has 1 heterocycles. The first-order chi connectivity index (χ1) is 8.61. The van der Waals surface area contributed by atoms with Crippen molar-refractivity contribution in [3.8, 4) is 0 Å². The molecule has 1 fully saturated rings. The minimum atomic E-state index is -0.275. The monoisotopic (exact) mass is 315 g/mol. The zero-order valence-corrected chi connectivity index (χ0v) is 11.7. The molecule has 0 spiro atoms. The fourth-order valence-corrected chi connectivity index (χ4v) is 2.69. The molecule has 0 amide bonds. The number of nitrogens with zero attached hydrogens (tertiary/aromatic N) is 1. The van der Waals surface area contributed by atoms with Crippen molar-refractivity contribution >= 4 is 27.6 Å². The first kappa shape index (κ1) is 13.3. The third-order valence-corrected chi connectivity index (χ3v) is 3.85. The van der Waals surface area contributed by atoms with Crippen LogP contribution in [0.25, 0.3) is 0 Å². The molecular weight excluding hydrogens is 301 g/mol. The molecule has 0 saturated carbocycles. The van der Waals surface area contributed by atoms with Gasteiger partial charge in [0.2, 0.25) is 0 Å². The number of ether oxygens (including phenoxy) is 1. The summed E-state index contributed by atoms with van der Waals surface area (Å²) in [5.41, 5.74) is 0.940. The van der Waals surface area contributed by atoms with Crippen molar-refractivity contribution in [2.24, 2.45) is 0 Å². The summed E-state index contributed by atoms with van der Waals surface area (Å²) in [6.07, 6.45) is 2.38. The molecule has 98 valence electrons. The average molecular weight is 316 g/mol. The second kappa shape index (κ2) is 5.69. The molecule has 1 saturated heterocycles. The normalized spacial score (nSPS) is 19.1. The van der Waals surface area contributed by atoms with Crippen molar-refractivity contribution in [2.45, 2.75) is 25.3 Å². The zero-order chi connectivity index (χ0) is 13.1. The number of anilines is 1. The minimum Gasteiger partial charge on any atom is -0.469 e. The molecule has 18 heavy (non-hydrogen) atoms. The highest BCUT2D eigenvalue weighted by Gasteiger charge is 2.27. The molecular formula is C13H15BrFNO2. The van der Waals surface area contributed by atoms with Gasteiger partial charge in [-0.1, -0.05) is 0 Å². The van der Waals surface area contributed by atoms with E-state index in [0.717, 1.165) is 25.1 Å². The van der Waals surface area contributed by atoms with Gasteiger partial charge in [0.15, 0.2) is 0 Å². The van der Waals surface area contributed by atoms with Crippen LogP contribution < -0.4 is 4.90 Å². The summed E-state index contributed by atoms with van der Waals surface area (Å²) in [5.74, 6) is -0.476. The Labute approximate surface area is 114 Å². The summed E-state index contributed by atoms with van der Waals surface area (Å²) < 4.78 is 18.4. The SMILES string of the molecule is COC(=O)C[C@H]1CCCN1c1ccc(F)c(Br)c1. The first-order valence-electron chi connectivity index (χ1n) is 5.90. The lowest BCUT2D eigenvalue weighted by Gasteiger charge is -2.26. The lowest BCUT2D eigenvalue weighted by Crippen LogP contribution is -2.31. The van der Waals surface area contributed by atoms with Gasteiger partial charge in [-0.05, 0) is 47.0 Å². The van der Waals surface area contributed by atoms with Crippen LogP contribution in [-0.2, 0) is 9.53 Å². The van der Waals surface area contributed by atoms with E-state index in [4.69, 9.17) is 4.74 Å². The summed E-state index contributed by atoms with van der Waals surface area (Å²) in [6, 6.07) is 5.09. The van der Waals surface area contributed by atoms with E-state index in [1.807, 2.05) is 0 Å². The fraction of sp³-hybridized carbons (Fsp3) is 0.462. The number of esters is 1. The second-order valence-electron chi connectivity index (χ2n) is 4.37. The number of carbonyl (C=O) groups is 1. The molecule has 0 aliphatic carbocycles. The molecule has 1 aromatic rings. The maximum atomic E-state index is 13.2. The summed E-state index contributed by atoms with van der Waals surface area (Å²) in [6.45, 7) is 0.889. The van der Waals surface area contributed by atoms with Gasteiger partial charge < -0.3 is 9.64 Å². The quantitative estimate of drug-likeness (QED) is 0.803. The maximum Gasteiger partial charge on any atom is 0.307 e. The van der Waals surface area contributed by atoms with Crippen LogP contribution in [0.1, 0.15) is 19.3 Å². The number of methoxy groups -OCH3 is 1. The van der Waals surface area contributed by atoms with Gasteiger partial charge in [-0.3, -0.25) is 4.79 Å². The Morgan fingerprint density at radius 1 is 1.61 bits per heavy atom. The van der Waals surface area contributed by atoms with Crippen LogP contribution in [0.15, 0.2) is 22.7 Å². The molecule has 5 heteroatoms. The first-order valence-corrected chi connectivity index (χ1v) is 6.69. The Hall–Kier alpha value is -1.10. The Balaban J connectivity index is 2.15. The molecule has 0 aromatic heterocycles. The lowest BCUT2D eigenvalue weighted by atomic mass is 10.1. The molecule has 0 N–H and O–H groups in total. The van der Waals surface area contributed by atoms with Crippen molar-refractivity contribution < 1.29 is 13.9 Å². The van der Waals surface area contributed by atoms with Crippen molar-refractivity contribution in [3.05, 3.63) is 28.5 Å². The highest BCUT2D eigenvalue weighted by Crippen LogP contribution is 2.30. The highest BCUT2D eigenvalue weighted by atomic mass is 79.9. The number of rotatable bonds is 3. The van der Waals surface area contributed by atoms with E-state index in [1.165, 1.54) is 13.2 Å². The van der Waals surface area contributed by atoms with E-state index in [-0.39, 0.29) is 17.8 Å². The van der Waals surface area contributed by atoms with E-state index in [1.54, 1.807) is 12.1 Å². The summed E-state index contributed by atoms with van der Waals surface area (Å²) in [5, 5.41) is 0. The predicted octanol–water partition coefficient (Wildman–Crippen LogP) is 3.12. The molecule has 1 aromatic carbocycles. The van der Waals surface area contributed by atoms with Crippen LogP contribution in [0, 0.1) is 5.82 Å². The van der Waals surface area contributed by atoms with Crippen molar-refractivity contribution in [1.82, 2.24) is 0 Å². The molecule has 0 radical (unpaired) electrons. The Morgan fingerprint density at radius 2 is 2.39 bits per heavy atom. The highest BCUT2D eigenvalue weighted by molar-refractivity contribution is 9.10. The van der Waals surface area contributed by atoms with Gasteiger partial charge in [0.1, 0.15) is 5.82 Å². The standard InChI is InChI=1S/C13H15BrFNO2/c1-18-13(17)8-9-3-2-6-16(9)10-4-5-12(15)11(14)7-10/h4-5,7,9H,2-3,6,8H2,1H3/t9-/m1/s1. The van der Waals surface area contributed by atoms with Crippen LogP contribution in [0.2, 0.25) is 0 Å². The molecule has 2 rings (SSSR count). The Bertz CT molecular complexity index is 453. The lowest BCUT2D eigenvalue weighted by molar-refractivity contribution is -0.140. The van der Waals surface area contributed by atoms with Gasteiger partial charge in [-0.2, -0.15) is 0 Å². The summed E-state index contributed by atoms with van der Waals surface area (Å²) in [4.78, 5) is 13.5.